The fourth-order valence-corrected chi connectivity index (χ4v) is 1.87. The third-order valence-electron chi connectivity index (χ3n) is 2.48. The van der Waals surface area contributed by atoms with Crippen molar-refractivity contribution < 1.29 is 4.74 Å². The van der Waals surface area contributed by atoms with Crippen LogP contribution in [0.3, 0.4) is 0 Å². The van der Waals surface area contributed by atoms with E-state index in [0.29, 0.717) is 23.9 Å². The molecule has 1 aromatic carbocycles. The van der Waals surface area contributed by atoms with E-state index in [9.17, 15) is 0 Å². The Hall–Kier alpha value is -1.23. The van der Waals surface area contributed by atoms with Gasteiger partial charge in [-0.3, -0.25) is 4.68 Å². The van der Waals surface area contributed by atoms with E-state index in [2.05, 4.69) is 5.10 Å². The number of methoxy groups -OCH3 is 1. The molecule has 0 fully saturated rings. The van der Waals surface area contributed by atoms with Crippen molar-refractivity contribution in [1.29, 1.82) is 0 Å². The first-order valence-corrected chi connectivity index (χ1v) is 5.69. The second kappa shape index (κ2) is 6.64. The number of rotatable bonds is 4. The standard InChI is InChI=1S/C12H14ClN3O.ClH/c1-17-12-3-2-9(6-11(12)13)10-7-15-16(8-10)5-4-14;/h2-3,6-8H,4-5,14H2,1H3;1H. The van der Waals surface area contributed by atoms with Crippen molar-refractivity contribution >= 4 is 24.0 Å². The molecule has 18 heavy (non-hydrogen) atoms. The number of ether oxygens (including phenoxy) is 1. The van der Waals surface area contributed by atoms with Crippen LogP contribution in [0.25, 0.3) is 11.1 Å². The Morgan fingerprint density at radius 3 is 2.78 bits per heavy atom. The Morgan fingerprint density at radius 1 is 1.39 bits per heavy atom. The van der Waals surface area contributed by atoms with Crippen LogP contribution < -0.4 is 10.5 Å². The number of aromatic nitrogens is 2. The molecule has 2 rings (SSSR count). The molecular formula is C12H15Cl2N3O. The van der Waals surface area contributed by atoms with Crippen LogP contribution in [-0.4, -0.2) is 23.4 Å². The topological polar surface area (TPSA) is 53.1 Å². The predicted molar refractivity (Wildman–Crippen MR) is 75.5 cm³/mol. The zero-order valence-electron chi connectivity index (χ0n) is 9.97. The van der Waals surface area contributed by atoms with Gasteiger partial charge < -0.3 is 10.5 Å². The fraction of sp³-hybridized carbons (Fsp3) is 0.250. The minimum absolute atomic E-state index is 0. The van der Waals surface area contributed by atoms with Gasteiger partial charge in [-0.25, -0.2) is 0 Å². The molecule has 0 spiro atoms. The Bertz CT molecular complexity index is 514. The van der Waals surface area contributed by atoms with E-state index in [1.165, 1.54) is 0 Å². The molecule has 6 heteroatoms. The quantitative estimate of drug-likeness (QED) is 0.940. The summed E-state index contributed by atoms with van der Waals surface area (Å²) in [6.45, 7) is 1.29. The molecule has 0 aliphatic heterocycles. The van der Waals surface area contributed by atoms with Crippen molar-refractivity contribution in [2.24, 2.45) is 5.73 Å². The van der Waals surface area contributed by atoms with E-state index in [1.807, 2.05) is 29.1 Å². The summed E-state index contributed by atoms with van der Waals surface area (Å²) in [5.74, 6) is 0.671. The van der Waals surface area contributed by atoms with E-state index < -0.39 is 0 Å². The number of hydrogen-bond donors (Lipinski definition) is 1. The van der Waals surface area contributed by atoms with Crippen LogP contribution in [0.1, 0.15) is 0 Å². The number of nitrogens with zero attached hydrogens (tertiary/aromatic N) is 2. The Morgan fingerprint density at radius 2 is 2.17 bits per heavy atom. The van der Waals surface area contributed by atoms with Gasteiger partial charge in [0.2, 0.25) is 0 Å². The fourth-order valence-electron chi connectivity index (χ4n) is 1.61. The first-order chi connectivity index (χ1) is 8.24. The number of benzene rings is 1. The molecule has 0 radical (unpaired) electrons. The van der Waals surface area contributed by atoms with Gasteiger partial charge in [0, 0.05) is 18.3 Å². The second-order valence-electron chi connectivity index (χ2n) is 3.63. The van der Waals surface area contributed by atoms with E-state index in [1.54, 1.807) is 13.3 Å². The molecule has 2 aromatic rings. The van der Waals surface area contributed by atoms with Gasteiger partial charge in [0.15, 0.2) is 0 Å². The van der Waals surface area contributed by atoms with Crippen LogP contribution in [-0.2, 0) is 6.54 Å². The molecule has 0 bridgehead atoms. The van der Waals surface area contributed by atoms with Crippen LogP contribution in [0, 0.1) is 0 Å². The van der Waals surface area contributed by atoms with Gasteiger partial charge in [-0.05, 0) is 17.7 Å². The van der Waals surface area contributed by atoms with Gasteiger partial charge in [0.05, 0.1) is 24.9 Å². The molecule has 0 unspecified atom stereocenters. The SMILES string of the molecule is COc1ccc(-c2cnn(CCN)c2)cc1Cl.Cl. The highest BCUT2D eigenvalue weighted by molar-refractivity contribution is 6.32. The number of halogens is 2. The molecule has 0 amide bonds. The molecule has 0 aliphatic carbocycles. The lowest BCUT2D eigenvalue weighted by Gasteiger charge is -2.04. The van der Waals surface area contributed by atoms with Crippen molar-refractivity contribution in [3.63, 3.8) is 0 Å². The summed E-state index contributed by atoms with van der Waals surface area (Å²) in [5.41, 5.74) is 7.50. The Labute approximate surface area is 117 Å². The molecule has 4 nitrogen and oxygen atoms in total. The zero-order valence-corrected chi connectivity index (χ0v) is 11.5. The highest BCUT2D eigenvalue weighted by Gasteiger charge is 2.05. The molecule has 98 valence electrons. The number of hydrogen-bond acceptors (Lipinski definition) is 3. The van der Waals surface area contributed by atoms with Crippen LogP contribution in [0.5, 0.6) is 5.75 Å². The molecule has 0 saturated carbocycles. The van der Waals surface area contributed by atoms with Crippen LogP contribution >= 0.6 is 24.0 Å². The van der Waals surface area contributed by atoms with Crippen molar-refractivity contribution in [3.8, 4) is 16.9 Å². The summed E-state index contributed by atoms with van der Waals surface area (Å²) >= 11 is 6.08. The zero-order chi connectivity index (χ0) is 12.3. The predicted octanol–water partition coefficient (Wildman–Crippen LogP) is 2.59. The van der Waals surface area contributed by atoms with E-state index in [4.69, 9.17) is 22.1 Å². The van der Waals surface area contributed by atoms with Crippen LogP contribution in [0.2, 0.25) is 5.02 Å². The highest BCUT2D eigenvalue weighted by Crippen LogP contribution is 2.29. The first kappa shape index (κ1) is 14.8. The smallest absolute Gasteiger partial charge is 0.137 e. The molecular weight excluding hydrogens is 273 g/mol. The Balaban J connectivity index is 0.00000162. The third-order valence-corrected chi connectivity index (χ3v) is 2.77. The van der Waals surface area contributed by atoms with Crippen molar-refractivity contribution in [1.82, 2.24) is 9.78 Å². The summed E-state index contributed by atoms with van der Waals surface area (Å²) in [4.78, 5) is 0. The molecule has 0 saturated heterocycles. The maximum Gasteiger partial charge on any atom is 0.137 e. The van der Waals surface area contributed by atoms with Crippen molar-refractivity contribution in [3.05, 3.63) is 35.6 Å². The molecule has 1 aromatic heterocycles. The van der Waals surface area contributed by atoms with Crippen molar-refractivity contribution in [2.75, 3.05) is 13.7 Å². The lowest BCUT2D eigenvalue weighted by atomic mass is 10.1. The summed E-state index contributed by atoms with van der Waals surface area (Å²) in [5, 5.41) is 4.81. The van der Waals surface area contributed by atoms with Gasteiger partial charge in [0.1, 0.15) is 5.75 Å². The summed E-state index contributed by atoms with van der Waals surface area (Å²) in [6, 6.07) is 5.66. The molecule has 0 aliphatic rings. The summed E-state index contributed by atoms with van der Waals surface area (Å²) in [6.07, 6.45) is 3.75. The van der Waals surface area contributed by atoms with Gasteiger partial charge in [0.25, 0.3) is 0 Å². The molecule has 2 N–H and O–H groups in total. The van der Waals surface area contributed by atoms with E-state index in [-0.39, 0.29) is 12.4 Å². The maximum absolute atomic E-state index is 6.08. The average molecular weight is 288 g/mol. The monoisotopic (exact) mass is 287 g/mol. The minimum Gasteiger partial charge on any atom is -0.495 e. The second-order valence-corrected chi connectivity index (χ2v) is 4.04. The van der Waals surface area contributed by atoms with Crippen LogP contribution in [0.15, 0.2) is 30.6 Å². The average Bonchev–Trinajstić information content (AvgIpc) is 2.78. The van der Waals surface area contributed by atoms with Gasteiger partial charge in [-0.15, -0.1) is 12.4 Å². The Kier molecular flexibility index (Phi) is 5.47. The summed E-state index contributed by atoms with van der Waals surface area (Å²) in [7, 11) is 1.60. The normalized spacial score (nSPS) is 9.94. The molecule has 1 heterocycles. The lowest BCUT2D eigenvalue weighted by molar-refractivity contribution is 0.415. The largest absolute Gasteiger partial charge is 0.495 e. The van der Waals surface area contributed by atoms with Gasteiger partial charge in [-0.1, -0.05) is 17.7 Å². The highest BCUT2D eigenvalue weighted by atomic mass is 35.5. The first-order valence-electron chi connectivity index (χ1n) is 5.31. The van der Waals surface area contributed by atoms with E-state index in [0.717, 1.165) is 11.1 Å². The maximum atomic E-state index is 6.08. The summed E-state index contributed by atoms with van der Waals surface area (Å²) < 4.78 is 6.92. The number of nitrogens with two attached hydrogens (primary N) is 1. The van der Waals surface area contributed by atoms with Crippen LogP contribution in [0.4, 0.5) is 0 Å². The van der Waals surface area contributed by atoms with Gasteiger partial charge in [-0.2, -0.15) is 5.10 Å². The minimum atomic E-state index is 0. The lowest BCUT2D eigenvalue weighted by Crippen LogP contribution is -2.09. The van der Waals surface area contributed by atoms with Gasteiger partial charge >= 0.3 is 0 Å². The molecule has 0 atom stereocenters. The van der Waals surface area contributed by atoms with Crippen molar-refractivity contribution in [2.45, 2.75) is 6.54 Å². The van der Waals surface area contributed by atoms with E-state index >= 15 is 0 Å². The third kappa shape index (κ3) is 3.16.